The number of benzene rings is 1. The number of carbonyl (C=O) groups excluding carboxylic acids is 1. The van der Waals surface area contributed by atoms with Crippen molar-refractivity contribution in [2.24, 2.45) is 4.99 Å². The Morgan fingerprint density at radius 2 is 2.00 bits per heavy atom. The van der Waals surface area contributed by atoms with Gasteiger partial charge in [0.2, 0.25) is 5.91 Å². The minimum Gasteiger partial charge on any atom is -0.357 e. The number of hydrogen-bond acceptors (Lipinski definition) is 2. The number of aliphatic imine (C=N–C) groups is 1. The van der Waals surface area contributed by atoms with Gasteiger partial charge in [-0.15, -0.1) is 24.0 Å². The number of nitrogens with zero attached hydrogens (tertiary/aromatic N) is 1. The number of hydrogen-bond donors (Lipinski definition) is 3. The lowest BCUT2D eigenvalue weighted by atomic mass is 9.95. The molecule has 1 aromatic rings. The van der Waals surface area contributed by atoms with Gasteiger partial charge in [0.15, 0.2) is 5.96 Å². The molecule has 0 bridgehead atoms. The lowest BCUT2D eigenvalue weighted by Gasteiger charge is -2.22. The molecule has 0 heterocycles. The van der Waals surface area contributed by atoms with E-state index in [1.807, 2.05) is 19.9 Å². The van der Waals surface area contributed by atoms with Gasteiger partial charge in [-0.1, -0.05) is 31.4 Å². The minimum absolute atomic E-state index is 0. The minimum atomic E-state index is -0.218. The van der Waals surface area contributed by atoms with Gasteiger partial charge in [0, 0.05) is 12.6 Å². The van der Waals surface area contributed by atoms with E-state index in [9.17, 15) is 9.18 Å². The number of rotatable bonds is 6. The van der Waals surface area contributed by atoms with E-state index < -0.39 is 0 Å². The van der Waals surface area contributed by atoms with Crippen LogP contribution in [-0.4, -0.2) is 31.0 Å². The molecule has 0 spiro atoms. The summed E-state index contributed by atoms with van der Waals surface area (Å²) in [4.78, 5) is 16.5. The second-order valence-corrected chi connectivity index (χ2v) is 6.97. The molecule has 1 saturated carbocycles. The van der Waals surface area contributed by atoms with Gasteiger partial charge in [0.1, 0.15) is 12.4 Å². The van der Waals surface area contributed by atoms with Gasteiger partial charge in [0.05, 0.1) is 6.04 Å². The largest absolute Gasteiger partial charge is 0.357 e. The Bertz CT molecular complexity index is 632. The van der Waals surface area contributed by atoms with Crippen molar-refractivity contribution >= 4 is 35.8 Å². The standard InChI is InChI=1S/C20H31FN4O.HI/c1-4-22-20(23-13-19(26)25-17-8-6-5-7-9-17)24-15(3)16-11-10-14(2)18(21)12-16;/h10-12,15,17H,4-9,13H2,1-3H3,(H,25,26)(H2,22,23,24);1H. The number of guanidine groups is 1. The first-order valence-corrected chi connectivity index (χ1v) is 9.60. The van der Waals surface area contributed by atoms with Crippen molar-refractivity contribution in [2.75, 3.05) is 13.1 Å². The quantitative estimate of drug-likeness (QED) is 0.323. The van der Waals surface area contributed by atoms with Gasteiger partial charge in [-0.2, -0.15) is 0 Å². The fourth-order valence-electron chi connectivity index (χ4n) is 3.16. The maximum atomic E-state index is 13.8. The molecule has 2 rings (SSSR count). The molecular formula is C20H32FIN4O. The molecule has 1 aliphatic carbocycles. The Morgan fingerprint density at radius 1 is 1.30 bits per heavy atom. The van der Waals surface area contributed by atoms with Crippen molar-refractivity contribution in [3.8, 4) is 0 Å². The summed E-state index contributed by atoms with van der Waals surface area (Å²) >= 11 is 0. The summed E-state index contributed by atoms with van der Waals surface area (Å²) in [6.07, 6.45) is 5.75. The highest BCUT2D eigenvalue weighted by Crippen LogP contribution is 2.17. The molecule has 27 heavy (non-hydrogen) atoms. The monoisotopic (exact) mass is 490 g/mol. The van der Waals surface area contributed by atoms with E-state index in [2.05, 4.69) is 20.9 Å². The van der Waals surface area contributed by atoms with Gasteiger partial charge in [-0.05, 0) is 50.8 Å². The van der Waals surface area contributed by atoms with E-state index >= 15 is 0 Å². The van der Waals surface area contributed by atoms with Crippen LogP contribution in [-0.2, 0) is 4.79 Å². The number of carbonyl (C=O) groups is 1. The number of halogens is 2. The third-order valence-electron chi connectivity index (χ3n) is 4.74. The normalized spacial score (nSPS) is 16.2. The number of nitrogens with one attached hydrogen (secondary N) is 3. The first-order chi connectivity index (χ1) is 12.5. The zero-order valence-electron chi connectivity index (χ0n) is 16.5. The van der Waals surface area contributed by atoms with Crippen molar-refractivity contribution in [3.05, 3.63) is 35.1 Å². The summed E-state index contributed by atoms with van der Waals surface area (Å²) in [6.45, 7) is 6.42. The molecule has 5 nitrogen and oxygen atoms in total. The van der Waals surface area contributed by atoms with Gasteiger partial charge < -0.3 is 16.0 Å². The molecular weight excluding hydrogens is 458 g/mol. The van der Waals surface area contributed by atoms with Crippen molar-refractivity contribution in [2.45, 2.75) is 65.0 Å². The van der Waals surface area contributed by atoms with E-state index in [0.29, 0.717) is 18.1 Å². The predicted octanol–water partition coefficient (Wildman–Crippen LogP) is 3.82. The Labute approximate surface area is 179 Å². The highest BCUT2D eigenvalue weighted by atomic mass is 127. The highest BCUT2D eigenvalue weighted by molar-refractivity contribution is 14.0. The molecule has 0 saturated heterocycles. The molecule has 1 unspecified atom stereocenters. The van der Waals surface area contributed by atoms with Crippen molar-refractivity contribution in [3.63, 3.8) is 0 Å². The summed E-state index contributed by atoms with van der Waals surface area (Å²) in [6, 6.07) is 5.37. The second-order valence-electron chi connectivity index (χ2n) is 6.97. The molecule has 7 heteroatoms. The van der Waals surface area contributed by atoms with Crippen LogP contribution in [0.15, 0.2) is 23.2 Å². The fraction of sp³-hybridized carbons (Fsp3) is 0.600. The summed E-state index contributed by atoms with van der Waals surface area (Å²) in [7, 11) is 0. The van der Waals surface area contributed by atoms with Crippen molar-refractivity contribution in [1.82, 2.24) is 16.0 Å². The first-order valence-electron chi connectivity index (χ1n) is 9.60. The lowest BCUT2D eigenvalue weighted by Crippen LogP contribution is -2.41. The van der Waals surface area contributed by atoms with Crippen molar-refractivity contribution in [1.29, 1.82) is 0 Å². The molecule has 1 aliphatic rings. The van der Waals surface area contributed by atoms with Crippen LogP contribution in [0.4, 0.5) is 4.39 Å². The van der Waals surface area contributed by atoms with Gasteiger partial charge in [-0.25, -0.2) is 9.38 Å². The molecule has 1 amide bonds. The van der Waals surface area contributed by atoms with Gasteiger partial charge in [0.25, 0.3) is 0 Å². The smallest absolute Gasteiger partial charge is 0.242 e. The molecule has 0 aliphatic heterocycles. The molecule has 1 atom stereocenters. The van der Waals surface area contributed by atoms with Crippen LogP contribution in [0.5, 0.6) is 0 Å². The summed E-state index contributed by atoms with van der Waals surface area (Å²) in [5, 5.41) is 9.43. The van der Waals surface area contributed by atoms with E-state index in [0.717, 1.165) is 18.4 Å². The van der Waals surface area contributed by atoms with Crippen LogP contribution >= 0.6 is 24.0 Å². The summed E-state index contributed by atoms with van der Waals surface area (Å²) in [5.74, 6) is 0.285. The van der Waals surface area contributed by atoms with Crippen LogP contribution in [0.25, 0.3) is 0 Å². The molecule has 0 aromatic heterocycles. The average Bonchev–Trinajstić information content (AvgIpc) is 2.63. The first kappa shape index (κ1) is 23.7. The zero-order chi connectivity index (χ0) is 18.9. The summed E-state index contributed by atoms with van der Waals surface area (Å²) < 4.78 is 13.8. The maximum absolute atomic E-state index is 13.8. The zero-order valence-corrected chi connectivity index (χ0v) is 18.8. The van der Waals surface area contributed by atoms with Crippen molar-refractivity contribution < 1.29 is 9.18 Å². The van der Waals surface area contributed by atoms with Crippen LogP contribution in [0.2, 0.25) is 0 Å². The number of aryl methyl sites for hydroxylation is 1. The molecule has 1 aromatic carbocycles. The van der Waals surface area contributed by atoms with Gasteiger partial charge in [-0.3, -0.25) is 4.79 Å². The fourth-order valence-corrected chi connectivity index (χ4v) is 3.16. The van der Waals surface area contributed by atoms with Crippen LogP contribution in [0, 0.1) is 12.7 Å². The molecule has 152 valence electrons. The molecule has 3 N–H and O–H groups in total. The average molecular weight is 490 g/mol. The Balaban J connectivity index is 0.00000364. The third-order valence-corrected chi connectivity index (χ3v) is 4.74. The Kier molecular flexibility index (Phi) is 10.6. The SMILES string of the molecule is CCNC(=NCC(=O)NC1CCCCC1)NC(C)c1ccc(C)c(F)c1.I. The van der Waals surface area contributed by atoms with E-state index in [4.69, 9.17) is 0 Å². The van der Waals surface area contributed by atoms with E-state index in [1.165, 1.54) is 25.3 Å². The Hall–Kier alpha value is -1.38. The summed E-state index contributed by atoms with van der Waals surface area (Å²) in [5.41, 5.74) is 1.46. The van der Waals surface area contributed by atoms with Crippen LogP contribution < -0.4 is 16.0 Å². The van der Waals surface area contributed by atoms with Gasteiger partial charge >= 0.3 is 0 Å². The van der Waals surface area contributed by atoms with Crippen LogP contribution in [0.1, 0.15) is 63.1 Å². The second kappa shape index (κ2) is 12.2. The number of amides is 1. The predicted molar refractivity (Wildman–Crippen MR) is 119 cm³/mol. The van der Waals surface area contributed by atoms with E-state index in [1.54, 1.807) is 13.0 Å². The molecule has 1 fully saturated rings. The highest BCUT2D eigenvalue weighted by Gasteiger charge is 2.15. The Morgan fingerprint density at radius 3 is 2.63 bits per heavy atom. The lowest BCUT2D eigenvalue weighted by molar-refractivity contribution is -0.120. The topological polar surface area (TPSA) is 65.5 Å². The van der Waals surface area contributed by atoms with E-state index in [-0.39, 0.29) is 54.3 Å². The maximum Gasteiger partial charge on any atom is 0.242 e. The van der Waals surface area contributed by atoms with Crippen LogP contribution in [0.3, 0.4) is 0 Å². The third kappa shape index (κ3) is 8.02. The molecule has 0 radical (unpaired) electrons.